The van der Waals surface area contributed by atoms with Gasteiger partial charge >= 0.3 is 5.97 Å². The fourth-order valence-electron chi connectivity index (χ4n) is 1.44. The summed E-state index contributed by atoms with van der Waals surface area (Å²) in [6.07, 6.45) is 1.41. The molecule has 4 heteroatoms. The maximum atomic E-state index is 12.7. The molecule has 1 aromatic heterocycles. The van der Waals surface area contributed by atoms with Gasteiger partial charge < -0.3 is 5.11 Å². The quantitative estimate of drug-likeness (QED) is 0.841. The Balaban J connectivity index is 2.55. The third-order valence-corrected chi connectivity index (χ3v) is 2.17. The third kappa shape index (κ3) is 1.91. The molecule has 16 heavy (non-hydrogen) atoms. The minimum atomic E-state index is -1.10. The summed E-state index contributed by atoms with van der Waals surface area (Å²) in [5, 5.41) is 8.94. The number of aromatic nitrogens is 1. The van der Waals surface area contributed by atoms with Crippen LogP contribution in [-0.4, -0.2) is 16.1 Å². The predicted octanol–water partition coefficient (Wildman–Crippen LogP) is 2.59. The van der Waals surface area contributed by atoms with Gasteiger partial charge in [0.25, 0.3) is 0 Å². The molecular formula is C12H8FNO2. The van der Waals surface area contributed by atoms with Crippen LogP contribution in [0.1, 0.15) is 10.5 Å². The zero-order valence-corrected chi connectivity index (χ0v) is 8.22. The number of benzene rings is 1. The molecule has 0 bridgehead atoms. The lowest BCUT2D eigenvalue weighted by molar-refractivity contribution is 0.0691. The Labute approximate surface area is 91.2 Å². The van der Waals surface area contributed by atoms with Gasteiger partial charge in [-0.3, -0.25) is 0 Å². The van der Waals surface area contributed by atoms with Gasteiger partial charge in [-0.15, -0.1) is 0 Å². The fraction of sp³-hybridized carbons (Fsp3) is 0. The average Bonchev–Trinajstić information content (AvgIpc) is 2.30. The maximum absolute atomic E-state index is 12.7. The first kappa shape index (κ1) is 10.3. The highest BCUT2D eigenvalue weighted by Crippen LogP contribution is 2.22. The molecule has 2 aromatic rings. The number of carboxylic acids is 1. The van der Waals surface area contributed by atoms with E-state index >= 15 is 0 Å². The Hall–Kier alpha value is -2.23. The topological polar surface area (TPSA) is 50.2 Å². The molecule has 3 nitrogen and oxygen atoms in total. The standard InChI is InChI=1S/C12H8FNO2/c13-9-5-3-8(4-6-9)10-2-1-7-14-11(10)12(15)16/h1-7H,(H,15,16). The van der Waals surface area contributed by atoms with E-state index in [1.54, 1.807) is 12.1 Å². The molecule has 0 amide bonds. The smallest absolute Gasteiger partial charge is 0.355 e. The van der Waals surface area contributed by atoms with Crippen molar-refractivity contribution in [1.29, 1.82) is 0 Å². The van der Waals surface area contributed by atoms with E-state index in [2.05, 4.69) is 4.98 Å². The second kappa shape index (κ2) is 4.10. The molecule has 1 N–H and O–H groups in total. The average molecular weight is 217 g/mol. The van der Waals surface area contributed by atoms with Crippen molar-refractivity contribution in [2.45, 2.75) is 0 Å². The summed E-state index contributed by atoms with van der Waals surface area (Å²) in [5.41, 5.74) is 1.08. The zero-order valence-electron chi connectivity index (χ0n) is 8.22. The van der Waals surface area contributed by atoms with E-state index < -0.39 is 5.97 Å². The molecular weight excluding hydrogens is 209 g/mol. The Bertz CT molecular complexity index is 523. The van der Waals surface area contributed by atoms with E-state index in [-0.39, 0.29) is 11.5 Å². The number of rotatable bonds is 2. The summed E-state index contributed by atoms with van der Waals surface area (Å²) >= 11 is 0. The van der Waals surface area contributed by atoms with Crippen molar-refractivity contribution in [1.82, 2.24) is 4.98 Å². The van der Waals surface area contributed by atoms with Crippen molar-refractivity contribution in [2.24, 2.45) is 0 Å². The van der Waals surface area contributed by atoms with Crippen molar-refractivity contribution in [3.8, 4) is 11.1 Å². The first-order valence-corrected chi connectivity index (χ1v) is 4.63. The van der Waals surface area contributed by atoms with Crippen LogP contribution >= 0.6 is 0 Å². The third-order valence-electron chi connectivity index (χ3n) is 2.17. The molecule has 0 saturated carbocycles. The normalized spacial score (nSPS) is 10.1. The van der Waals surface area contributed by atoms with Gasteiger partial charge in [0.15, 0.2) is 5.69 Å². The second-order valence-electron chi connectivity index (χ2n) is 3.21. The van der Waals surface area contributed by atoms with E-state index in [4.69, 9.17) is 5.11 Å². The van der Waals surface area contributed by atoms with Crippen molar-refractivity contribution >= 4 is 5.97 Å². The van der Waals surface area contributed by atoms with Crippen LogP contribution in [-0.2, 0) is 0 Å². The molecule has 80 valence electrons. The van der Waals surface area contributed by atoms with Crippen LogP contribution in [0.4, 0.5) is 4.39 Å². The molecule has 0 unspecified atom stereocenters. The summed E-state index contributed by atoms with van der Waals surface area (Å²) in [6.45, 7) is 0. The van der Waals surface area contributed by atoms with Gasteiger partial charge in [-0.25, -0.2) is 14.2 Å². The van der Waals surface area contributed by atoms with Crippen LogP contribution in [0.2, 0.25) is 0 Å². The Morgan fingerprint density at radius 1 is 1.19 bits per heavy atom. The van der Waals surface area contributed by atoms with Gasteiger partial charge in [-0.1, -0.05) is 18.2 Å². The molecule has 0 aliphatic rings. The van der Waals surface area contributed by atoms with E-state index in [0.29, 0.717) is 11.1 Å². The molecule has 0 saturated heterocycles. The predicted molar refractivity (Wildman–Crippen MR) is 56.6 cm³/mol. The summed E-state index contributed by atoms with van der Waals surface area (Å²) in [4.78, 5) is 14.7. The van der Waals surface area contributed by atoms with Crippen LogP contribution in [0.3, 0.4) is 0 Å². The van der Waals surface area contributed by atoms with E-state index in [0.717, 1.165) is 0 Å². The second-order valence-corrected chi connectivity index (χ2v) is 3.21. The highest BCUT2D eigenvalue weighted by atomic mass is 19.1. The van der Waals surface area contributed by atoms with Crippen LogP contribution < -0.4 is 0 Å². The van der Waals surface area contributed by atoms with Gasteiger partial charge in [0.1, 0.15) is 5.82 Å². The van der Waals surface area contributed by atoms with E-state index in [9.17, 15) is 9.18 Å². The number of hydrogen-bond donors (Lipinski definition) is 1. The molecule has 0 radical (unpaired) electrons. The monoisotopic (exact) mass is 217 g/mol. The number of aromatic carboxylic acids is 1. The summed E-state index contributed by atoms with van der Waals surface area (Å²) < 4.78 is 12.7. The molecule has 2 rings (SSSR count). The van der Waals surface area contributed by atoms with Crippen LogP contribution in [0.25, 0.3) is 11.1 Å². The first-order valence-electron chi connectivity index (χ1n) is 4.63. The van der Waals surface area contributed by atoms with Gasteiger partial charge in [0.2, 0.25) is 0 Å². The number of carbonyl (C=O) groups is 1. The first-order chi connectivity index (χ1) is 7.68. The molecule has 0 atom stereocenters. The lowest BCUT2D eigenvalue weighted by atomic mass is 10.0. The number of pyridine rings is 1. The van der Waals surface area contributed by atoms with Gasteiger partial charge in [0, 0.05) is 11.8 Å². The van der Waals surface area contributed by atoms with E-state index in [1.807, 2.05) is 0 Å². The number of carboxylic acid groups (broad SMARTS) is 1. The maximum Gasteiger partial charge on any atom is 0.355 e. The van der Waals surface area contributed by atoms with Crippen LogP contribution in [0, 0.1) is 5.82 Å². The molecule has 1 aromatic carbocycles. The lowest BCUT2D eigenvalue weighted by Crippen LogP contribution is -2.02. The summed E-state index contributed by atoms with van der Waals surface area (Å²) in [6, 6.07) is 8.91. The minimum Gasteiger partial charge on any atom is -0.476 e. The van der Waals surface area contributed by atoms with Crippen molar-refractivity contribution < 1.29 is 14.3 Å². The van der Waals surface area contributed by atoms with Crippen molar-refractivity contribution in [3.63, 3.8) is 0 Å². The van der Waals surface area contributed by atoms with Crippen molar-refractivity contribution in [3.05, 3.63) is 54.1 Å². The van der Waals surface area contributed by atoms with Gasteiger partial charge in [-0.2, -0.15) is 0 Å². The number of hydrogen-bond acceptors (Lipinski definition) is 2. The van der Waals surface area contributed by atoms with Crippen LogP contribution in [0.15, 0.2) is 42.6 Å². The number of halogens is 1. The van der Waals surface area contributed by atoms with Gasteiger partial charge in [-0.05, 0) is 23.8 Å². The lowest BCUT2D eigenvalue weighted by Gasteiger charge is -2.04. The number of nitrogens with zero attached hydrogens (tertiary/aromatic N) is 1. The SMILES string of the molecule is O=C(O)c1ncccc1-c1ccc(F)cc1. The largest absolute Gasteiger partial charge is 0.476 e. The Morgan fingerprint density at radius 2 is 1.88 bits per heavy atom. The summed E-state index contributed by atoms with van der Waals surface area (Å²) in [5.74, 6) is -1.45. The summed E-state index contributed by atoms with van der Waals surface area (Å²) in [7, 11) is 0. The molecule has 0 aliphatic carbocycles. The molecule has 0 fully saturated rings. The fourth-order valence-corrected chi connectivity index (χ4v) is 1.44. The zero-order chi connectivity index (χ0) is 11.5. The highest BCUT2D eigenvalue weighted by molar-refractivity contribution is 5.93. The Morgan fingerprint density at radius 3 is 2.50 bits per heavy atom. The molecule has 1 heterocycles. The van der Waals surface area contributed by atoms with E-state index in [1.165, 1.54) is 30.5 Å². The minimum absolute atomic E-state index is 0.0332. The van der Waals surface area contributed by atoms with Crippen LogP contribution in [0.5, 0.6) is 0 Å². The van der Waals surface area contributed by atoms with Crippen molar-refractivity contribution in [2.75, 3.05) is 0 Å². The Kier molecular flexibility index (Phi) is 2.64. The molecule has 0 aliphatic heterocycles. The molecule has 0 spiro atoms. The van der Waals surface area contributed by atoms with Gasteiger partial charge in [0.05, 0.1) is 0 Å². The highest BCUT2D eigenvalue weighted by Gasteiger charge is 2.12.